The number of hydrogen-bond acceptors (Lipinski definition) is 2. The maximum absolute atomic E-state index is 5.58. The number of benzene rings is 1. The van der Waals surface area contributed by atoms with Crippen molar-refractivity contribution < 1.29 is 0 Å². The average Bonchev–Trinajstić information content (AvgIpc) is 2.30. The zero-order valence-electron chi connectivity index (χ0n) is 8.77. The van der Waals surface area contributed by atoms with Gasteiger partial charge in [-0.05, 0) is 24.1 Å². The molecule has 1 aromatic heterocycles. The summed E-state index contributed by atoms with van der Waals surface area (Å²) in [6.45, 7) is 2.62. The number of rotatable bonds is 2. The molecule has 2 rings (SSSR count). The highest BCUT2D eigenvalue weighted by atomic mass is 14.6. The molecule has 1 heterocycles. The van der Waals surface area contributed by atoms with Crippen LogP contribution in [0.15, 0.2) is 42.7 Å². The van der Waals surface area contributed by atoms with Gasteiger partial charge in [0, 0.05) is 24.5 Å². The molecule has 0 spiro atoms. The molecule has 15 heavy (non-hydrogen) atoms. The van der Waals surface area contributed by atoms with Crippen molar-refractivity contribution in [3.8, 4) is 11.1 Å². The van der Waals surface area contributed by atoms with E-state index in [0.717, 1.165) is 11.1 Å². The van der Waals surface area contributed by atoms with Crippen LogP contribution in [0.4, 0.5) is 0 Å². The molecule has 0 fully saturated rings. The molecule has 0 amide bonds. The van der Waals surface area contributed by atoms with Crippen molar-refractivity contribution in [3.05, 3.63) is 53.9 Å². The second-order valence-corrected chi connectivity index (χ2v) is 3.65. The van der Waals surface area contributed by atoms with E-state index in [2.05, 4.69) is 42.2 Å². The Morgan fingerprint density at radius 2 is 1.80 bits per heavy atom. The van der Waals surface area contributed by atoms with Gasteiger partial charge in [0.25, 0.3) is 0 Å². The largest absolute Gasteiger partial charge is 0.326 e. The SMILES string of the molecule is Cc1ccc(-c2cncc(CN)c2)cc1. The molecule has 0 aliphatic rings. The molecule has 2 nitrogen and oxygen atoms in total. The third-order valence-corrected chi connectivity index (χ3v) is 2.42. The van der Waals surface area contributed by atoms with Crippen molar-refractivity contribution in [1.82, 2.24) is 4.98 Å². The fourth-order valence-electron chi connectivity index (χ4n) is 1.50. The van der Waals surface area contributed by atoms with Gasteiger partial charge < -0.3 is 5.73 Å². The lowest BCUT2D eigenvalue weighted by molar-refractivity contribution is 1.05. The Labute approximate surface area is 89.8 Å². The normalized spacial score (nSPS) is 10.3. The van der Waals surface area contributed by atoms with Crippen LogP contribution in [-0.2, 0) is 6.54 Å². The third kappa shape index (κ3) is 2.22. The predicted octanol–water partition coefficient (Wildman–Crippen LogP) is 2.52. The molecule has 0 saturated heterocycles. The van der Waals surface area contributed by atoms with Crippen molar-refractivity contribution in [2.24, 2.45) is 5.73 Å². The predicted molar refractivity (Wildman–Crippen MR) is 62.3 cm³/mol. The second kappa shape index (κ2) is 4.24. The van der Waals surface area contributed by atoms with E-state index >= 15 is 0 Å². The average molecular weight is 198 g/mol. The highest BCUT2D eigenvalue weighted by Crippen LogP contribution is 2.19. The van der Waals surface area contributed by atoms with Gasteiger partial charge in [0.15, 0.2) is 0 Å². The van der Waals surface area contributed by atoms with Gasteiger partial charge >= 0.3 is 0 Å². The fourth-order valence-corrected chi connectivity index (χ4v) is 1.50. The number of pyridine rings is 1. The number of aryl methyl sites for hydroxylation is 1. The van der Waals surface area contributed by atoms with Crippen molar-refractivity contribution in [3.63, 3.8) is 0 Å². The zero-order chi connectivity index (χ0) is 10.7. The summed E-state index contributed by atoms with van der Waals surface area (Å²) in [5, 5.41) is 0. The monoisotopic (exact) mass is 198 g/mol. The summed E-state index contributed by atoms with van der Waals surface area (Å²) in [4.78, 5) is 4.17. The summed E-state index contributed by atoms with van der Waals surface area (Å²) in [5.74, 6) is 0. The van der Waals surface area contributed by atoms with Gasteiger partial charge in [-0.1, -0.05) is 29.8 Å². The first-order chi connectivity index (χ1) is 7.29. The van der Waals surface area contributed by atoms with Crippen molar-refractivity contribution >= 4 is 0 Å². The smallest absolute Gasteiger partial charge is 0.0346 e. The zero-order valence-corrected chi connectivity index (χ0v) is 8.77. The maximum atomic E-state index is 5.58. The topological polar surface area (TPSA) is 38.9 Å². The van der Waals surface area contributed by atoms with E-state index < -0.39 is 0 Å². The molecule has 2 aromatic rings. The Hall–Kier alpha value is -1.67. The van der Waals surface area contributed by atoms with Gasteiger partial charge in [-0.2, -0.15) is 0 Å². The van der Waals surface area contributed by atoms with Gasteiger partial charge in [0.05, 0.1) is 0 Å². The first-order valence-corrected chi connectivity index (χ1v) is 5.00. The number of hydrogen-bond donors (Lipinski definition) is 1. The minimum atomic E-state index is 0.534. The van der Waals surface area contributed by atoms with Crippen molar-refractivity contribution in [2.45, 2.75) is 13.5 Å². The van der Waals surface area contributed by atoms with E-state index in [9.17, 15) is 0 Å². The molecule has 0 radical (unpaired) electrons. The lowest BCUT2D eigenvalue weighted by atomic mass is 10.0. The standard InChI is InChI=1S/C13H14N2/c1-10-2-4-12(5-3-10)13-6-11(7-14)8-15-9-13/h2-6,8-9H,7,14H2,1H3. The van der Waals surface area contributed by atoms with Crippen LogP contribution in [0.5, 0.6) is 0 Å². The number of aromatic nitrogens is 1. The Morgan fingerprint density at radius 1 is 1.07 bits per heavy atom. The quantitative estimate of drug-likeness (QED) is 0.805. The first-order valence-electron chi connectivity index (χ1n) is 5.00. The Morgan fingerprint density at radius 3 is 2.47 bits per heavy atom. The van der Waals surface area contributed by atoms with Crippen LogP contribution in [0.25, 0.3) is 11.1 Å². The molecule has 0 atom stereocenters. The van der Waals surface area contributed by atoms with Crippen molar-refractivity contribution in [1.29, 1.82) is 0 Å². The molecule has 0 aliphatic heterocycles. The van der Waals surface area contributed by atoms with E-state index in [0.29, 0.717) is 6.54 Å². The number of nitrogens with zero attached hydrogens (tertiary/aromatic N) is 1. The third-order valence-electron chi connectivity index (χ3n) is 2.42. The van der Waals surface area contributed by atoms with Crippen molar-refractivity contribution in [2.75, 3.05) is 0 Å². The minimum absolute atomic E-state index is 0.534. The van der Waals surface area contributed by atoms with E-state index in [1.165, 1.54) is 11.1 Å². The number of nitrogens with two attached hydrogens (primary N) is 1. The first kappa shape index (κ1) is 9.87. The van der Waals surface area contributed by atoms with Gasteiger partial charge in [-0.25, -0.2) is 0 Å². The van der Waals surface area contributed by atoms with Gasteiger partial charge in [-0.15, -0.1) is 0 Å². The van der Waals surface area contributed by atoms with Crippen LogP contribution in [0.3, 0.4) is 0 Å². The van der Waals surface area contributed by atoms with E-state index in [1.807, 2.05) is 6.20 Å². The maximum Gasteiger partial charge on any atom is 0.0346 e. The highest BCUT2D eigenvalue weighted by Gasteiger charge is 1.98. The van der Waals surface area contributed by atoms with Gasteiger partial charge in [0.2, 0.25) is 0 Å². The van der Waals surface area contributed by atoms with Crippen LogP contribution in [0.2, 0.25) is 0 Å². The molecule has 76 valence electrons. The Kier molecular flexibility index (Phi) is 2.79. The van der Waals surface area contributed by atoms with Crippen LogP contribution in [0, 0.1) is 6.92 Å². The van der Waals surface area contributed by atoms with Gasteiger partial charge in [0.1, 0.15) is 0 Å². The molecule has 2 N–H and O–H groups in total. The summed E-state index contributed by atoms with van der Waals surface area (Å²) in [5.41, 5.74) is 10.2. The lowest BCUT2D eigenvalue weighted by Crippen LogP contribution is -1.96. The van der Waals surface area contributed by atoms with E-state index in [4.69, 9.17) is 5.73 Å². The molecule has 1 aromatic carbocycles. The molecule has 0 aliphatic carbocycles. The van der Waals surface area contributed by atoms with Crippen LogP contribution in [0.1, 0.15) is 11.1 Å². The van der Waals surface area contributed by atoms with E-state index in [-0.39, 0.29) is 0 Å². The molecule has 0 saturated carbocycles. The fraction of sp³-hybridized carbons (Fsp3) is 0.154. The van der Waals surface area contributed by atoms with Crippen LogP contribution in [-0.4, -0.2) is 4.98 Å². The summed E-state index contributed by atoms with van der Waals surface area (Å²) in [6, 6.07) is 10.5. The molecular formula is C13H14N2. The summed E-state index contributed by atoms with van der Waals surface area (Å²) in [6.07, 6.45) is 3.67. The summed E-state index contributed by atoms with van der Waals surface area (Å²) in [7, 11) is 0. The molecular weight excluding hydrogens is 184 g/mol. The lowest BCUT2D eigenvalue weighted by Gasteiger charge is -2.03. The summed E-state index contributed by atoms with van der Waals surface area (Å²) < 4.78 is 0. The van der Waals surface area contributed by atoms with Crippen LogP contribution >= 0.6 is 0 Å². The molecule has 2 heteroatoms. The molecule has 0 unspecified atom stereocenters. The Balaban J connectivity index is 2.40. The minimum Gasteiger partial charge on any atom is -0.326 e. The second-order valence-electron chi connectivity index (χ2n) is 3.65. The summed E-state index contributed by atoms with van der Waals surface area (Å²) >= 11 is 0. The van der Waals surface area contributed by atoms with E-state index in [1.54, 1.807) is 6.20 Å². The highest BCUT2D eigenvalue weighted by molar-refractivity contribution is 5.63. The van der Waals surface area contributed by atoms with Gasteiger partial charge in [-0.3, -0.25) is 4.98 Å². The van der Waals surface area contributed by atoms with Crippen LogP contribution < -0.4 is 5.73 Å². The Bertz CT molecular complexity index is 446. The molecule has 0 bridgehead atoms.